The number of carbonyl (C=O) groups is 2. The maximum absolute atomic E-state index is 11.9. The van der Waals surface area contributed by atoms with Crippen molar-refractivity contribution in [3.05, 3.63) is 0 Å². The number of aliphatic hydroxyl groups is 1. The predicted molar refractivity (Wildman–Crippen MR) is 66.2 cm³/mol. The van der Waals surface area contributed by atoms with Crippen molar-refractivity contribution in [1.29, 1.82) is 0 Å². The molecule has 6 nitrogen and oxygen atoms in total. The second kappa shape index (κ2) is 6.04. The molecule has 1 aliphatic heterocycles. The lowest BCUT2D eigenvalue weighted by Gasteiger charge is -2.36. The normalized spacial score (nSPS) is 27.4. The van der Waals surface area contributed by atoms with E-state index in [4.69, 9.17) is 5.11 Å². The second-order valence-corrected chi connectivity index (χ2v) is 5.20. The summed E-state index contributed by atoms with van der Waals surface area (Å²) in [5.74, 6) is -0.253. The van der Waals surface area contributed by atoms with E-state index in [0.717, 1.165) is 6.42 Å². The fourth-order valence-electron chi connectivity index (χ4n) is 2.06. The molecule has 1 saturated heterocycles. The van der Waals surface area contributed by atoms with E-state index in [2.05, 4.69) is 19.2 Å². The van der Waals surface area contributed by atoms with E-state index in [1.807, 2.05) is 0 Å². The van der Waals surface area contributed by atoms with Crippen LogP contribution in [-0.4, -0.2) is 52.3 Å². The van der Waals surface area contributed by atoms with Crippen LogP contribution in [0, 0.1) is 11.8 Å². The van der Waals surface area contributed by atoms with Gasteiger partial charge in [-0.3, -0.25) is 0 Å². The molecule has 4 atom stereocenters. The SMILES string of the molecule is CC1CCN(C(=O)N[C@H](C(=O)O)[C@@H](C)O)CC1C. The number of hydrogen-bond acceptors (Lipinski definition) is 3. The first-order valence-electron chi connectivity index (χ1n) is 6.29. The number of nitrogens with zero attached hydrogens (tertiary/aromatic N) is 1. The molecule has 104 valence electrons. The van der Waals surface area contributed by atoms with Crippen molar-refractivity contribution in [2.24, 2.45) is 11.8 Å². The molecule has 1 fully saturated rings. The predicted octanol–water partition coefficient (Wildman–Crippen LogP) is 0.508. The monoisotopic (exact) mass is 258 g/mol. The first-order valence-corrected chi connectivity index (χ1v) is 6.29. The Morgan fingerprint density at radius 3 is 2.39 bits per heavy atom. The molecule has 0 aromatic carbocycles. The van der Waals surface area contributed by atoms with Gasteiger partial charge in [-0.15, -0.1) is 0 Å². The Morgan fingerprint density at radius 2 is 1.94 bits per heavy atom. The lowest BCUT2D eigenvalue weighted by atomic mass is 9.89. The van der Waals surface area contributed by atoms with Crippen molar-refractivity contribution in [3.63, 3.8) is 0 Å². The van der Waals surface area contributed by atoms with Crippen LogP contribution in [0.5, 0.6) is 0 Å². The minimum Gasteiger partial charge on any atom is -0.480 e. The molecule has 1 rings (SSSR count). The minimum atomic E-state index is -1.26. The van der Waals surface area contributed by atoms with Crippen LogP contribution >= 0.6 is 0 Å². The largest absolute Gasteiger partial charge is 0.480 e. The number of amides is 2. The molecule has 0 bridgehead atoms. The Kier molecular flexibility index (Phi) is 4.95. The third-order valence-electron chi connectivity index (χ3n) is 3.65. The highest BCUT2D eigenvalue weighted by molar-refractivity contribution is 5.83. The highest BCUT2D eigenvalue weighted by Gasteiger charge is 2.30. The van der Waals surface area contributed by atoms with Gasteiger partial charge in [0.15, 0.2) is 6.04 Å². The van der Waals surface area contributed by atoms with E-state index in [1.54, 1.807) is 4.90 Å². The molecule has 3 N–H and O–H groups in total. The number of carboxylic acids is 1. The molecule has 0 aromatic heterocycles. The Balaban J connectivity index is 2.57. The van der Waals surface area contributed by atoms with Crippen molar-refractivity contribution in [2.75, 3.05) is 13.1 Å². The highest BCUT2D eigenvalue weighted by Crippen LogP contribution is 2.22. The Hall–Kier alpha value is -1.30. The molecule has 1 heterocycles. The van der Waals surface area contributed by atoms with Crippen LogP contribution in [0.15, 0.2) is 0 Å². The molecular weight excluding hydrogens is 236 g/mol. The highest BCUT2D eigenvalue weighted by atomic mass is 16.4. The van der Waals surface area contributed by atoms with Gasteiger partial charge in [-0.25, -0.2) is 9.59 Å². The van der Waals surface area contributed by atoms with Gasteiger partial charge in [0.1, 0.15) is 0 Å². The number of carboxylic acid groups (broad SMARTS) is 1. The molecule has 0 spiro atoms. The summed E-state index contributed by atoms with van der Waals surface area (Å²) in [6, 6.07) is -1.67. The summed E-state index contributed by atoms with van der Waals surface area (Å²) in [5.41, 5.74) is 0. The molecular formula is C12H22N2O4. The number of nitrogens with one attached hydrogen (secondary N) is 1. The van der Waals surface area contributed by atoms with Crippen molar-refractivity contribution in [3.8, 4) is 0 Å². The van der Waals surface area contributed by atoms with Gasteiger partial charge in [-0.1, -0.05) is 13.8 Å². The van der Waals surface area contributed by atoms with Crippen LogP contribution in [0.3, 0.4) is 0 Å². The zero-order chi connectivity index (χ0) is 13.9. The van der Waals surface area contributed by atoms with Crippen molar-refractivity contribution in [1.82, 2.24) is 10.2 Å². The fraction of sp³-hybridized carbons (Fsp3) is 0.833. The molecule has 2 amide bonds. The van der Waals surface area contributed by atoms with Crippen LogP contribution < -0.4 is 5.32 Å². The van der Waals surface area contributed by atoms with Gasteiger partial charge in [-0.05, 0) is 25.2 Å². The maximum atomic E-state index is 11.9. The van der Waals surface area contributed by atoms with E-state index in [0.29, 0.717) is 24.9 Å². The lowest BCUT2D eigenvalue weighted by Crippen LogP contribution is -2.54. The molecule has 6 heteroatoms. The fourth-order valence-corrected chi connectivity index (χ4v) is 2.06. The molecule has 0 aromatic rings. The smallest absolute Gasteiger partial charge is 0.328 e. The lowest BCUT2D eigenvalue weighted by molar-refractivity contribution is -0.141. The van der Waals surface area contributed by atoms with E-state index >= 15 is 0 Å². The topological polar surface area (TPSA) is 89.9 Å². The minimum absolute atomic E-state index is 0.402. The summed E-state index contributed by atoms with van der Waals surface area (Å²) < 4.78 is 0. The zero-order valence-electron chi connectivity index (χ0n) is 11.1. The van der Waals surface area contributed by atoms with Crippen molar-refractivity contribution < 1.29 is 19.8 Å². The number of urea groups is 1. The van der Waals surface area contributed by atoms with Crippen LogP contribution in [0.2, 0.25) is 0 Å². The van der Waals surface area contributed by atoms with Gasteiger partial charge >= 0.3 is 12.0 Å². The first kappa shape index (κ1) is 14.8. The van der Waals surface area contributed by atoms with Crippen molar-refractivity contribution in [2.45, 2.75) is 39.3 Å². The van der Waals surface area contributed by atoms with Gasteiger partial charge in [0, 0.05) is 13.1 Å². The summed E-state index contributed by atoms with van der Waals surface area (Å²) >= 11 is 0. The quantitative estimate of drug-likeness (QED) is 0.688. The summed E-state index contributed by atoms with van der Waals surface area (Å²) in [6.45, 7) is 6.83. The number of hydrogen-bond donors (Lipinski definition) is 3. The average Bonchev–Trinajstić information content (AvgIpc) is 2.28. The maximum Gasteiger partial charge on any atom is 0.328 e. The number of rotatable bonds is 3. The van der Waals surface area contributed by atoms with Crippen LogP contribution in [0.4, 0.5) is 4.79 Å². The van der Waals surface area contributed by atoms with Gasteiger partial charge < -0.3 is 20.4 Å². The van der Waals surface area contributed by atoms with Gasteiger partial charge in [0.2, 0.25) is 0 Å². The molecule has 1 aliphatic rings. The standard InChI is InChI=1S/C12H22N2O4/c1-7-4-5-14(6-8(7)2)12(18)13-10(9(3)15)11(16)17/h7-10,15H,4-6H2,1-3H3,(H,13,18)(H,16,17)/t7?,8?,9-,10+/m1/s1. The molecule has 0 aliphatic carbocycles. The number of likely N-dealkylation sites (tertiary alicyclic amines) is 1. The number of piperidine rings is 1. The molecule has 0 radical (unpaired) electrons. The second-order valence-electron chi connectivity index (χ2n) is 5.20. The van der Waals surface area contributed by atoms with E-state index < -0.39 is 24.1 Å². The number of aliphatic hydroxyl groups excluding tert-OH is 1. The number of carbonyl (C=O) groups excluding carboxylic acids is 1. The third-order valence-corrected chi connectivity index (χ3v) is 3.65. The summed E-state index contributed by atoms with van der Waals surface area (Å²) in [5, 5.41) is 20.6. The summed E-state index contributed by atoms with van der Waals surface area (Å²) in [7, 11) is 0. The Bertz CT molecular complexity index is 319. The van der Waals surface area contributed by atoms with Gasteiger partial charge in [0.25, 0.3) is 0 Å². The first-order chi connectivity index (χ1) is 8.32. The molecule has 0 saturated carbocycles. The van der Waals surface area contributed by atoms with Crippen molar-refractivity contribution >= 4 is 12.0 Å². The van der Waals surface area contributed by atoms with Gasteiger partial charge in [0.05, 0.1) is 6.10 Å². The average molecular weight is 258 g/mol. The third kappa shape index (κ3) is 3.60. The Morgan fingerprint density at radius 1 is 1.33 bits per heavy atom. The summed E-state index contributed by atoms with van der Waals surface area (Å²) in [4.78, 5) is 24.4. The van der Waals surface area contributed by atoms with Crippen LogP contribution in [0.25, 0.3) is 0 Å². The van der Waals surface area contributed by atoms with Gasteiger partial charge in [-0.2, -0.15) is 0 Å². The summed E-state index contributed by atoms with van der Waals surface area (Å²) in [6.07, 6.45) is -0.200. The molecule has 18 heavy (non-hydrogen) atoms. The van der Waals surface area contributed by atoms with E-state index in [-0.39, 0.29) is 0 Å². The zero-order valence-corrected chi connectivity index (χ0v) is 11.1. The van der Waals surface area contributed by atoms with E-state index in [1.165, 1.54) is 6.92 Å². The van der Waals surface area contributed by atoms with E-state index in [9.17, 15) is 14.7 Å². The van der Waals surface area contributed by atoms with Crippen LogP contribution in [0.1, 0.15) is 27.2 Å². The van der Waals surface area contributed by atoms with Crippen LogP contribution in [-0.2, 0) is 4.79 Å². The number of aliphatic carboxylic acids is 1. The Labute approximate surface area is 107 Å². The molecule has 2 unspecified atom stereocenters.